The van der Waals surface area contributed by atoms with Crippen molar-refractivity contribution in [2.24, 2.45) is 0 Å². The standard InChI is InChI=1S/C14H26N2O4/c1-4-11(2)16(9-10-20-3)13(19)15-14(12(17)18)7-5-6-8-14/h11H,4-10H2,1-3H3,(H,15,19)(H,17,18). The number of ether oxygens (including phenoxy) is 1. The van der Waals surface area contributed by atoms with Gasteiger partial charge in [0, 0.05) is 19.7 Å². The number of rotatable bonds is 7. The molecule has 20 heavy (non-hydrogen) atoms. The van der Waals surface area contributed by atoms with Gasteiger partial charge >= 0.3 is 12.0 Å². The van der Waals surface area contributed by atoms with Gasteiger partial charge in [0.05, 0.1) is 6.61 Å². The van der Waals surface area contributed by atoms with E-state index < -0.39 is 11.5 Å². The van der Waals surface area contributed by atoms with Crippen LogP contribution >= 0.6 is 0 Å². The van der Waals surface area contributed by atoms with Gasteiger partial charge in [0.2, 0.25) is 0 Å². The van der Waals surface area contributed by atoms with E-state index in [0.717, 1.165) is 19.3 Å². The van der Waals surface area contributed by atoms with Crippen molar-refractivity contribution < 1.29 is 19.4 Å². The molecule has 1 saturated carbocycles. The molecule has 0 heterocycles. The lowest BCUT2D eigenvalue weighted by Gasteiger charge is -2.33. The highest BCUT2D eigenvalue weighted by Gasteiger charge is 2.43. The molecular weight excluding hydrogens is 260 g/mol. The number of hydrogen-bond donors (Lipinski definition) is 2. The van der Waals surface area contributed by atoms with E-state index in [0.29, 0.717) is 26.0 Å². The van der Waals surface area contributed by atoms with Crippen LogP contribution in [0.2, 0.25) is 0 Å². The Hall–Kier alpha value is -1.30. The highest BCUT2D eigenvalue weighted by Crippen LogP contribution is 2.30. The molecule has 0 radical (unpaired) electrons. The van der Waals surface area contributed by atoms with E-state index in [-0.39, 0.29) is 12.1 Å². The van der Waals surface area contributed by atoms with E-state index in [1.54, 1.807) is 12.0 Å². The van der Waals surface area contributed by atoms with Gasteiger partial charge < -0.3 is 20.1 Å². The second-order valence-electron chi connectivity index (χ2n) is 5.47. The Balaban J connectivity index is 2.75. The SMILES string of the molecule is CCC(C)N(CCOC)C(=O)NC1(C(=O)O)CCCC1. The number of carbonyl (C=O) groups is 2. The first-order chi connectivity index (χ1) is 9.46. The zero-order valence-corrected chi connectivity index (χ0v) is 12.6. The van der Waals surface area contributed by atoms with E-state index in [1.165, 1.54) is 0 Å². The van der Waals surface area contributed by atoms with Crippen molar-refractivity contribution >= 4 is 12.0 Å². The van der Waals surface area contributed by atoms with E-state index in [2.05, 4.69) is 5.32 Å². The van der Waals surface area contributed by atoms with Crippen LogP contribution in [0.1, 0.15) is 46.0 Å². The van der Waals surface area contributed by atoms with Crippen molar-refractivity contribution in [3.63, 3.8) is 0 Å². The van der Waals surface area contributed by atoms with Gasteiger partial charge in [-0.1, -0.05) is 19.8 Å². The van der Waals surface area contributed by atoms with E-state index >= 15 is 0 Å². The van der Waals surface area contributed by atoms with Gasteiger partial charge in [0.25, 0.3) is 0 Å². The van der Waals surface area contributed by atoms with Crippen LogP contribution in [-0.2, 0) is 9.53 Å². The van der Waals surface area contributed by atoms with Crippen molar-refractivity contribution in [3.05, 3.63) is 0 Å². The highest BCUT2D eigenvalue weighted by atomic mass is 16.5. The molecule has 6 nitrogen and oxygen atoms in total. The molecule has 0 bridgehead atoms. The van der Waals surface area contributed by atoms with Crippen LogP contribution in [0.5, 0.6) is 0 Å². The summed E-state index contributed by atoms with van der Waals surface area (Å²) in [4.78, 5) is 25.5. The highest BCUT2D eigenvalue weighted by molar-refractivity contribution is 5.86. The van der Waals surface area contributed by atoms with Crippen molar-refractivity contribution in [2.45, 2.75) is 57.5 Å². The Labute approximate surface area is 120 Å². The minimum absolute atomic E-state index is 0.0531. The fourth-order valence-electron chi connectivity index (χ4n) is 2.58. The van der Waals surface area contributed by atoms with Crippen molar-refractivity contribution in [3.8, 4) is 0 Å². The molecule has 116 valence electrons. The Morgan fingerprint density at radius 1 is 1.40 bits per heavy atom. The summed E-state index contributed by atoms with van der Waals surface area (Å²) < 4.78 is 5.02. The van der Waals surface area contributed by atoms with E-state index in [9.17, 15) is 14.7 Å². The van der Waals surface area contributed by atoms with Crippen LogP contribution in [0.3, 0.4) is 0 Å². The van der Waals surface area contributed by atoms with Crippen molar-refractivity contribution in [1.29, 1.82) is 0 Å². The fraction of sp³-hybridized carbons (Fsp3) is 0.857. The molecule has 0 aromatic rings. The molecule has 6 heteroatoms. The maximum atomic E-state index is 12.4. The number of carboxylic acids is 1. The second kappa shape index (κ2) is 7.47. The van der Waals surface area contributed by atoms with Gasteiger partial charge in [0.15, 0.2) is 0 Å². The lowest BCUT2D eigenvalue weighted by molar-refractivity contribution is -0.144. The average molecular weight is 286 g/mol. The maximum Gasteiger partial charge on any atom is 0.329 e. The summed E-state index contributed by atoms with van der Waals surface area (Å²) in [6.07, 6.45) is 3.51. The quantitative estimate of drug-likeness (QED) is 0.748. The predicted molar refractivity (Wildman–Crippen MR) is 75.7 cm³/mol. The van der Waals surface area contributed by atoms with Crippen LogP contribution < -0.4 is 5.32 Å². The molecule has 0 aromatic heterocycles. The fourth-order valence-corrected chi connectivity index (χ4v) is 2.58. The molecule has 1 aliphatic carbocycles. The number of hydrogen-bond acceptors (Lipinski definition) is 3. The number of carbonyl (C=O) groups excluding carboxylic acids is 1. The maximum absolute atomic E-state index is 12.4. The van der Waals surface area contributed by atoms with Crippen molar-refractivity contribution in [1.82, 2.24) is 10.2 Å². The van der Waals surface area contributed by atoms with Crippen molar-refractivity contribution in [2.75, 3.05) is 20.3 Å². The first kappa shape index (κ1) is 16.8. The largest absolute Gasteiger partial charge is 0.480 e. The monoisotopic (exact) mass is 286 g/mol. The third-order valence-corrected chi connectivity index (χ3v) is 4.13. The van der Waals surface area contributed by atoms with Crippen LogP contribution in [0.25, 0.3) is 0 Å². The molecule has 1 rings (SSSR count). The van der Waals surface area contributed by atoms with Gasteiger partial charge in [-0.15, -0.1) is 0 Å². The Kier molecular flexibility index (Phi) is 6.26. The van der Waals surface area contributed by atoms with Gasteiger partial charge in [-0.2, -0.15) is 0 Å². The van der Waals surface area contributed by atoms with Gasteiger partial charge in [-0.3, -0.25) is 0 Å². The summed E-state index contributed by atoms with van der Waals surface area (Å²) in [6.45, 7) is 4.86. The Morgan fingerprint density at radius 2 is 2.00 bits per heavy atom. The third kappa shape index (κ3) is 3.85. The molecule has 0 aliphatic heterocycles. The molecule has 0 spiro atoms. The number of aliphatic carboxylic acids is 1. The molecule has 1 aliphatic rings. The number of urea groups is 1. The first-order valence-electron chi connectivity index (χ1n) is 7.28. The van der Waals surface area contributed by atoms with E-state index in [1.807, 2.05) is 13.8 Å². The second-order valence-corrected chi connectivity index (χ2v) is 5.47. The normalized spacial score (nSPS) is 18.6. The zero-order chi connectivity index (χ0) is 15.2. The lowest BCUT2D eigenvalue weighted by atomic mass is 9.98. The summed E-state index contributed by atoms with van der Waals surface area (Å²) in [7, 11) is 1.59. The number of amides is 2. The topological polar surface area (TPSA) is 78.9 Å². The van der Waals surface area contributed by atoms with Crippen LogP contribution in [0, 0.1) is 0 Å². The molecular formula is C14H26N2O4. The molecule has 0 aromatic carbocycles. The van der Waals surface area contributed by atoms with Crippen LogP contribution in [-0.4, -0.2) is 53.8 Å². The summed E-state index contributed by atoms with van der Waals surface area (Å²) >= 11 is 0. The molecule has 1 atom stereocenters. The molecule has 0 saturated heterocycles. The minimum atomic E-state index is -1.09. The first-order valence-corrected chi connectivity index (χ1v) is 7.28. The van der Waals surface area contributed by atoms with Gasteiger partial charge in [-0.05, 0) is 26.2 Å². The average Bonchev–Trinajstić information content (AvgIpc) is 2.88. The summed E-state index contributed by atoms with van der Waals surface area (Å²) in [5, 5.41) is 12.2. The van der Waals surface area contributed by atoms with Crippen LogP contribution in [0.15, 0.2) is 0 Å². The zero-order valence-electron chi connectivity index (χ0n) is 12.6. The third-order valence-electron chi connectivity index (χ3n) is 4.13. The van der Waals surface area contributed by atoms with E-state index in [4.69, 9.17) is 4.74 Å². The Morgan fingerprint density at radius 3 is 2.45 bits per heavy atom. The summed E-state index contributed by atoms with van der Waals surface area (Å²) in [6, 6.07) is -0.252. The number of nitrogens with zero attached hydrogens (tertiary/aromatic N) is 1. The number of methoxy groups -OCH3 is 1. The molecule has 1 fully saturated rings. The molecule has 1 unspecified atom stereocenters. The number of carboxylic acid groups (broad SMARTS) is 1. The minimum Gasteiger partial charge on any atom is -0.480 e. The van der Waals surface area contributed by atoms with Gasteiger partial charge in [-0.25, -0.2) is 9.59 Å². The number of nitrogens with one attached hydrogen (secondary N) is 1. The summed E-state index contributed by atoms with van der Waals surface area (Å²) in [5.74, 6) is -0.931. The Bertz CT molecular complexity index is 340. The molecule has 2 N–H and O–H groups in total. The van der Waals surface area contributed by atoms with Gasteiger partial charge in [0.1, 0.15) is 5.54 Å². The lowest BCUT2D eigenvalue weighted by Crippen LogP contribution is -2.58. The predicted octanol–water partition coefficient (Wildman–Crippen LogP) is 1.84. The summed E-state index contributed by atoms with van der Waals surface area (Å²) in [5.41, 5.74) is -1.09. The smallest absolute Gasteiger partial charge is 0.329 e. The molecule has 2 amide bonds. The van der Waals surface area contributed by atoms with Crippen LogP contribution in [0.4, 0.5) is 4.79 Å².